The molecule has 6 heteroatoms. The molecule has 2 aromatic rings. The van der Waals surface area contributed by atoms with Crippen LogP contribution in [0.15, 0.2) is 36.7 Å². The van der Waals surface area contributed by atoms with Crippen LogP contribution in [0, 0.1) is 11.7 Å². The van der Waals surface area contributed by atoms with Crippen molar-refractivity contribution in [1.82, 2.24) is 4.98 Å². The molecule has 2 nitrogen and oxygen atoms in total. The molecule has 25 heavy (non-hydrogen) atoms. The number of carbonyl (C=O) groups is 1. The average Bonchev–Trinajstić information content (AvgIpc) is 3.09. The van der Waals surface area contributed by atoms with E-state index in [-0.39, 0.29) is 23.0 Å². The number of halogens is 4. The van der Waals surface area contributed by atoms with E-state index >= 15 is 0 Å². The Morgan fingerprint density at radius 3 is 2.44 bits per heavy atom. The van der Waals surface area contributed by atoms with Crippen LogP contribution in [0.5, 0.6) is 0 Å². The minimum absolute atomic E-state index is 0.0402. The van der Waals surface area contributed by atoms with E-state index in [0.29, 0.717) is 11.8 Å². The number of pyridine rings is 1. The lowest BCUT2D eigenvalue weighted by Crippen LogP contribution is -2.11. The van der Waals surface area contributed by atoms with E-state index in [9.17, 15) is 22.4 Å². The number of aldehydes is 1. The van der Waals surface area contributed by atoms with Crippen molar-refractivity contribution in [1.29, 1.82) is 0 Å². The third kappa shape index (κ3) is 3.72. The molecule has 0 bridgehead atoms. The number of carbonyl (C=O) groups excluding carboxylic acids is 1. The van der Waals surface area contributed by atoms with Gasteiger partial charge in [0.25, 0.3) is 0 Å². The van der Waals surface area contributed by atoms with Gasteiger partial charge in [-0.25, -0.2) is 4.39 Å². The van der Waals surface area contributed by atoms with E-state index in [4.69, 9.17) is 0 Å². The molecule has 0 saturated heterocycles. The molecule has 0 amide bonds. The van der Waals surface area contributed by atoms with Gasteiger partial charge in [-0.3, -0.25) is 4.98 Å². The van der Waals surface area contributed by atoms with Gasteiger partial charge in [0.2, 0.25) is 0 Å². The van der Waals surface area contributed by atoms with Crippen LogP contribution in [0.25, 0.3) is 11.1 Å². The zero-order valence-electron chi connectivity index (χ0n) is 13.4. The van der Waals surface area contributed by atoms with Crippen LogP contribution >= 0.6 is 0 Å². The lowest BCUT2D eigenvalue weighted by molar-refractivity contribution is -0.137. The van der Waals surface area contributed by atoms with Gasteiger partial charge in [0.15, 0.2) is 0 Å². The van der Waals surface area contributed by atoms with Gasteiger partial charge in [-0.2, -0.15) is 13.2 Å². The van der Waals surface area contributed by atoms with Crippen molar-refractivity contribution in [2.24, 2.45) is 5.92 Å². The molecule has 1 aliphatic carbocycles. The van der Waals surface area contributed by atoms with Crippen molar-refractivity contribution >= 4 is 6.29 Å². The second-order valence-corrected chi connectivity index (χ2v) is 6.41. The maximum atomic E-state index is 14.5. The molecule has 1 fully saturated rings. The molecule has 1 heterocycles. The summed E-state index contributed by atoms with van der Waals surface area (Å²) in [6.07, 6.45) is 2.20. The van der Waals surface area contributed by atoms with E-state index in [0.717, 1.165) is 38.0 Å². The highest BCUT2D eigenvalue weighted by Crippen LogP contribution is 2.38. The first-order valence-corrected chi connectivity index (χ1v) is 8.17. The van der Waals surface area contributed by atoms with Crippen LogP contribution in [0.4, 0.5) is 17.6 Å². The summed E-state index contributed by atoms with van der Waals surface area (Å²) in [6, 6.07) is 5.18. The first kappa shape index (κ1) is 17.6. The highest BCUT2D eigenvalue weighted by Gasteiger charge is 2.31. The molecule has 3 rings (SSSR count). The van der Waals surface area contributed by atoms with Gasteiger partial charge in [0.1, 0.15) is 12.1 Å². The number of aromatic nitrogens is 1. The number of benzene rings is 1. The lowest BCUT2D eigenvalue weighted by Gasteiger charge is -2.18. The van der Waals surface area contributed by atoms with Crippen molar-refractivity contribution in [3.8, 4) is 11.1 Å². The quantitative estimate of drug-likeness (QED) is 0.547. The Balaban J connectivity index is 1.93. The molecule has 1 aliphatic rings. The maximum absolute atomic E-state index is 14.5. The van der Waals surface area contributed by atoms with E-state index in [1.165, 1.54) is 18.3 Å². The largest absolute Gasteiger partial charge is 0.417 e. The van der Waals surface area contributed by atoms with E-state index in [1.807, 2.05) is 0 Å². The van der Waals surface area contributed by atoms with Gasteiger partial charge in [0.05, 0.1) is 5.56 Å². The number of nitrogens with zero attached hydrogens (tertiary/aromatic N) is 1. The molecule has 1 unspecified atom stereocenters. The standard InChI is InChI=1S/C19H17F4NO/c20-18-8-13(17(11-25)12-3-1-2-4-12)5-6-16(18)14-7-15(10-24-9-14)19(21,22)23/h5-12,17H,1-4H2. The van der Waals surface area contributed by atoms with Crippen molar-refractivity contribution in [3.05, 3.63) is 53.6 Å². The van der Waals surface area contributed by atoms with Crippen LogP contribution in [-0.2, 0) is 11.0 Å². The van der Waals surface area contributed by atoms with Crippen molar-refractivity contribution < 1.29 is 22.4 Å². The predicted molar refractivity (Wildman–Crippen MR) is 85.4 cm³/mol. The molecule has 0 radical (unpaired) electrons. The third-order valence-electron chi connectivity index (χ3n) is 4.81. The highest BCUT2D eigenvalue weighted by molar-refractivity contribution is 5.67. The van der Waals surface area contributed by atoms with E-state index < -0.39 is 17.6 Å². The van der Waals surface area contributed by atoms with Crippen LogP contribution in [0.2, 0.25) is 0 Å². The zero-order chi connectivity index (χ0) is 18.0. The fraction of sp³-hybridized carbons (Fsp3) is 0.368. The summed E-state index contributed by atoms with van der Waals surface area (Å²) in [5.41, 5.74) is -0.255. The summed E-state index contributed by atoms with van der Waals surface area (Å²) < 4.78 is 52.9. The maximum Gasteiger partial charge on any atom is 0.417 e. The van der Waals surface area contributed by atoms with Gasteiger partial charge in [-0.1, -0.05) is 25.0 Å². The minimum Gasteiger partial charge on any atom is -0.303 e. The Bertz CT molecular complexity index is 766. The van der Waals surface area contributed by atoms with Gasteiger partial charge in [-0.15, -0.1) is 0 Å². The summed E-state index contributed by atoms with van der Waals surface area (Å²) in [7, 11) is 0. The molecular formula is C19H17F4NO. The molecule has 1 saturated carbocycles. The smallest absolute Gasteiger partial charge is 0.303 e. The molecule has 132 valence electrons. The summed E-state index contributed by atoms with van der Waals surface area (Å²) in [6.45, 7) is 0. The first-order valence-electron chi connectivity index (χ1n) is 8.17. The highest BCUT2D eigenvalue weighted by atomic mass is 19.4. The molecule has 1 aromatic heterocycles. The minimum atomic E-state index is -4.54. The van der Waals surface area contributed by atoms with Crippen molar-refractivity contribution in [2.45, 2.75) is 37.8 Å². The summed E-state index contributed by atoms with van der Waals surface area (Å²) in [5.74, 6) is -0.813. The fourth-order valence-electron chi connectivity index (χ4n) is 3.49. The lowest BCUT2D eigenvalue weighted by atomic mass is 9.85. The molecule has 0 spiro atoms. The summed E-state index contributed by atoms with van der Waals surface area (Å²) in [4.78, 5) is 15.0. The predicted octanol–water partition coefficient (Wildman–Crippen LogP) is 5.38. The number of hydrogen-bond acceptors (Lipinski definition) is 2. The molecule has 1 aromatic carbocycles. The normalized spacial score (nSPS) is 16.8. The first-order chi connectivity index (χ1) is 11.9. The van der Waals surface area contributed by atoms with Gasteiger partial charge in [0, 0.05) is 29.4 Å². The van der Waals surface area contributed by atoms with Crippen LogP contribution in [-0.4, -0.2) is 11.3 Å². The monoisotopic (exact) mass is 351 g/mol. The Hall–Kier alpha value is -2.24. The average molecular weight is 351 g/mol. The Labute approximate surface area is 142 Å². The fourth-order valence-corrected chi connectivity index (χ4v) is 3.49. The van der Waals surface area contributed by atoms with Crippen LogP contribution in [0.1, 0.15) is 42.7 Å². The van der Waals surface area contributed by atoms with E-state index in [1.54, 1.807) is 6.07 Å². The molecular weight excluding hydrogens is 334 g/mol. The van der Waals surface area contributed by atoms with Gasteiger partial charge in [-0.05, 0) is 36.5 Å². The SMILES string of the molecule is O=CC(c1ccc(-c2cncc(C(F)(F)F)c2)c(F)c1)C1CCCC1. The van der Waals surface area contributed by atoms with Gasteiger partial charge < -0.3 is 4.79 Å². The van der Waals surface area contributed by atoms with E-state index in [2.05, 4.69) is 4.98 Å². The number of alkyl halides is 3. The molecule has 0 aliphatic heterocycles. The number of rotatable bonds is 4. The van der Waals surface area contributed by atoms with Crippen LogP contribution < -0.4 is 0 Å². The Morgan fingerprint density at radius 1 is 1.12 bits per heavy atom. The Morgan fingerprint density at radius 2 is 1.84 bits per heavy atom. The van der Waals surface area contributed by atoms with Crippen molar-refractivity contribution in [3.63, 3.8) is 0 Å². The Kier molecular flexibility index (Phi) is 4.88. The molecule has 0 N–H and O–H groups in total. The van der Waals surface area contributed by atoms with Gasteiger partial charge >= 0.3 is 6.18 Å². The number of hydrogen-bond donors (Lipinski definition) is 0. The summed E-state index contributed by atoms with van der Waals surface area (Å²) >= 11 is 0. The summed E-state index contributed by atoms with van der Waals surface area (Å²) in [5, 5.41) is 0. The second-order valence-electron chi connectivity index (χ2n) is 6.41. The zero-order valence-corrected chi connectivity index (χ0v) is 13.4. The van der Waals surface area contributed by atoms with Crippen molar-refractivity contribution in [2.75, 3.05) is 0 Å². The second kappa shape index (κ2) is 6.94. The third-order valence-corrected chi connectivity index (χ3v) is 4.81. The topological polar surface area (TPSA) is 30.0 Å². The van der Waals surface area contributed by atoms with Crippen LogP contribution in [0.3, 0.4) is 0 Å². The molecule has 1 atom stereocenters.